The molecular weight excluding hydrogens is 536 g/mol. The number of ketones is 2. The first kappa shape index (κ1) is 30.4. The third-order valence-electron chi connectivity index (χ3n) is 8.49. The molecule has 13 nitrogen and oxygen atoms in total. The number of aliphatic hydroxyl groups excluding tert-OH is 2. The van der Waals surface area contributed by atoms with E-state index in [2.05, 4.69) is 0 Å². The molecule has 1 aromatic carbocycles. The Morgan fingerprint density at radius 1 is 1.17 bits per heavy atom. The van der Waals surface area contributed by atoms with Gasteiger partial charge in [-0.15, -0.1) is 0 Å². The topological polar surface area (TPSA) is 194 Å². The summed E-state index contributed by atoms with van der Waals surface area (Å²) < 4.78 is 5.32. The van der Waals surface area contributed by atoms with Crippen LogP contribution in [0.25, 0.3) is 0 Å². The minimum Gasteiger partial charge on any atom is -0.508 e. The molecule has 2 unspecified atom stereocenters. The second-order valence-corrected chi connectivity index (χ2v) is 11.3. The van der Waals surface area contributed by atoms with Crippen molar-refractivity contribution < 1.29 is 44.3 Å². The Hall–Kier alpha value is -3.52. The number of carbonyl (C=O) groups excluding carboxylic acids is 4. The maximum atomic E-state index is 14.1. The number of likely N-dealkylation sites (N-methyl/N-ethyl adjacent to an activating group) is 1. The first-order valence-corrected chi connectivity index (χ1v) is 13.5. The van der Waals surface area contributed by atoms with E-state index in [0.29, 0.717) is 37.6 Å². The third kappa shape index (κ3) is 5.07. The molecule has 0 radical (unpaired) electrons. The molecule has 4 atom stereocenters. The first-order valence-electron chi connectivity index (χ1n) is 13.5. The molecule has 0 spiro atoms. The van der Waals surface area contributed by atoms with Gasteiger partial charge < -0.3 is 45.6 Å². The number of anilines is 1. The molecule has 1 aromatic rings. The van der Waals surface area contributed by atoms with Gasteiger partial charge in [0.2, 0.25) is 5.91 Å². The Balaban J connectivity index is 1.92. The Labute approximate surface area is 237 Å². The van der Waals surface area contributed by atoms with Crippen molar-refractivity contribution in [2.45, 2.75) is 30.9 Å². The smallest absolute Gasteiger partial charge is 0.257 e. The van der Waals surface area contributed by atoms with E-state index >= 15 is 0 Å². The van der Waals surface area contributed by atoms with Gasteiger partial charge in [-0.1, -0.05) is 0 Å². The number of fused-ring (bicyclic) bond motifs is 2. The fourth-order valence-corrected chi connectivity index (χ4v) is 6.39. The number of hydrogen-bond acceptors (Lipinski definition) is 11. The zero-order chi connectivity index (χ0) is 30.4. The van der Waals surface area contributed by atoms with Crippen LogP contribution in [0, 0.1) is 11.8 Å². The van der Waals surface area contributed by atoms with Crippen molar-refractivity contribution in [2.24, 2.45) is 17.6 Å². The van der Waals surface area contributed by atoms with E-state index in [4.69, 9.17) is 10.5 Å². The number of benzene rings is 1. The average molecular weight is 575 g/mol. The molecule has 1 fully saturated rings. The lowest BCUT2D eigenvalue weighted by Gasteiger charge is -2.47. The van der Waals surface area contributed by atoms with E-state index in [1.165, 1.54) is 11.0 Å². The number of amides is 2. The second-order valence-electron chi connectivity index (χ2n) is 11.3. The van der Waals surface area contributed by atoms with E-state index in [9.17, 15) is 39.6 Å². The summed E-state index contributed by atoms with van der Waals surface area (Å²) >= 11 is 0. The highest BCUT2D eigenvalue weighted by Gasteiger charge is 2.58. The van der Waals surface area contributed by atoms with Gasteiger partial charge in [-0.3, -0.25) is 19.2 Å². The van der Waals surface area contributed by atoms with Gasteiger partial charge in [0, 0.05) is 50.4 Å². The summed E-state index contributed by atoms with van der Waals surface area (Å²) in [5.41, 5.74) is 2.94. The fourth-order valence-electron chi connectivity index (χ4n) is 6.39. The summed E-state index contributed by atoms with van der Waals surface area (Å²) in [4.78, 5) is 57.3. The van der Waals surface area contributed by atoms with Gasteiger partial charge in [0.25, 0.3) is 5.91 Å². The van der Waals surface area contributed by atoms with Crippen LogP contribution in [0.1, 0.15) is 39.1 Å². The quantitative estimate of drug-likeness (QED) is 0.244. The number of Topliss-reactive ketones (excluding diaryl/α,β-unsaturated/α-hetero) is 2. The Morgan fingerprint density at radius 3 is 2.34 bits per heavy atom. The number of phenolic OH excluding ortho intramolecular Hbond substituents is 1. The highest BCUT2D eigenvalue weighted by atomic mass is 16.5. The van der Waals surface area contributed by atoms with Gasteiger partial charge >= 0.3 is 0 Å². The first-order chi connectivity index (χ1) is 19.2. The number of allylic oxidation sites excluding steroid dienone is 1. The molecule has 41 heavy (non-hydrogen) atoms. The van der Waals surface area contributed by atoms with E-state index < -0.39 is 71.4 Å². The summed E-state index contributed by atoms with van der Waals surface area (Å²) in [7, 11) is 6.74. The minimum absolute atomic E-state index is 0.00290. The van der Waals surface area contributed by atoms with Gasteiger partial charge in [0.15, 0.2) is 17.2 Å². The number of rotatable bonds is 8. The van der Waals surface area contributed by atoms with Crippen molar-refractivity contribution in [1.82, 2.24) is 9.80 Å². The van der Waals surface area contributed by atoms with Gasteiger partial charge in [-0.05, 0) is 44.5 Å². The standard InChI is InChI=1S/C28H38N4O9/c1-30(2)18-11-16(27(39)32-5-7-41-8-6-32)24(36)23-15(18)9-14-10-17(19(13-33)31(3)4)28(40,20(34)12-21(29)35)26(38)22(14)25(23)37/h11,14,17,19,33,36,38,40H,5-10,12-13H2,1-4H3,(H2,29,35)/t14?,17?,19-,28-/m1/s1. The Morgan fingerprint density at radius 2 is 1.80 bits per heavy atom. The lowest BCUT2D eigenvalue weighted by Crippen LogP contribution is -2.60. The molecule has 4 rings (SSSR count). The second kappa shape index (κ2) is 11.4. The number of primary amides is 1. The van der Waals surface area contributed by atoms with E-state index in [0.717, 1.165) is 0 Å². The van der Waals surface area contributed by atoms with Crippen LogP contribution in [-0.2, 0) is 20.7 Å². The van der Waals surface area contributed by atoms with Crippen LogP contribution in [0.3, 0.4) is 0 Å². The molecular formula is C28H38N4O9. The van der Waals surface area contributed by atoms with Crippen LogP contribution in [0.15, 0.2) is 17.4 Å². The summed E-state index contributed by atoms with van der Waals surface area (Å²) in [6, 6.07) is 0.712. The maximum Gasteiger partial charge on any atom is 0.257 e. The van der Waals surface area contributed by atoms with Gasteiger partial charge in [-0.25, -0.2) is 0 Å². The van der Waals surface area contributed by atoms with Gasteiger partial charge in [0.05, 0.1) is 37.4 Å². The van der Waals surface area contributed by atoms with Crippen molar-refractivity contribution in [3.8, 4) is 5.75 Å². The fraction of sp³-hybridized carbons (Fsp3) is 0.571. The average Bonchev–Trinajstić information content (AvgIpc) is 2.91. The maximum absolute atomic E-state index is 14.1. The van der Waals surface area contributed by atoms with Crippen molar-refractivity contribution in [3.63, 3.8) is 0 Å². The van der Waals surface area contributed by atoms with Crippen LogP contribution in [0.2, 0.25) is 0 Å². The number of aliphatic hydroxyl groups is 3. The molecule has 1 heterocycles. The number of phenols is 1. The number of aromatic hydroxyl groups is 1. The van der Waals surface area contributed by atoms with E-state index in [1.54, 1.807) is 38.0 Å². The predicted octanol–water partition coefficient (Wildman–Crippen LogP) is -0.784. The van der Waals surface area contributed by atoms with Crippen LogP contribution in [0.5, 0.6) is 5.75 Å². The molecule has 2 aliphatic carbocycles. The number of morpholine rings is 1. The largest absolute Gasteiger partial charge is 0.508 e. The Bertz CT molecular complexity index is 1300. The van der Waals surface area contributed by atoms with Gasteiger partial charge in [0.1, 0.15) is 11.5 Å². The number of nitrogens with zero attached hydrogens (tertiary/aromatic N) is 3. The molecule has 1 saturated heterocycles. The molecule has 1 aliphatic heterocycles. The summed E-state index contributed by atoms with van der Waals surface area (Å²) in [5.74, 6) is -6.75. The van der Waals surface area contributed by atoms with Crippen molar-refractivity contribution in [3.05, 3.63) is 34.1 Å². The molecule has 3 aliphatic rings. The van der Waals surface area contributed by atoms with Crippen LogP contribution < -0.4 is 10.6 Å². The number of ether oxygens (including phenoxy) is 1. The molecule has 13 heteroatoms. The molecule has 0 bridgehead atoms. The number of carbonyl (C=O) groups is 4. The zero-order valence-electron chi connectivity index (χ0n) is 23.7. The highest BCUT2D eigenvalue weighted by molar-refractivity contribution is 6.17. The van der Waals surface area contributed by atoms with Crippen molar-refractivity contribution >= 4 is 29.1 Å². The molecule has 2 amide bonds. The van der Waals surface area contributed by atoms with Crippen LogP contribution in [0.4, 0.5) is 5.69 Å². The molecule has 6 N–H and O–H groups in total. The van der Waals surface area contributed by atoms with E-state index in [1.807, 2.05) is 0 Å². The summed E-state index contributed by atoms with van der Waals surface area (Å²) in [6.45, 7) is 0.798. The Kier molecular flexibility index (Phi) is 8.46. The monoisotopic (exact) mass is 574 g/mol. The van der Waals surface area contributed by atoms with Crippen LogP contribution in [-0.4, -0.2) is 126 Å². The van der Waals surface area contributed by atoms with Gasteiger partial charge in [-0.2, -0.15) is 0 Å². The molecule has 0 saturated carbocycles. The lowest BCUT2D eigenvalue weighted by molar-refractivity contribution is -0.151. The number of hydrogen-bond donors (Lipinski definition) is 5. The third-order valence-corrected chi connectivity index (χ3v) is 8.49. The lowest BCUT2D eigenvalue weighted by atomic mass is 9.61. The van der Waals surface area contributed by atoms with Crippen LogP contribution >= 0.6 is 0 Å². The summed E-state index contributed by atoms with van der Waals surface area (Å²) in [6.07, 6.45) is -0.771. The molecule has 0 aromatic heterocycles. The SMILES string of the molecule is CN(C)c1cc(C(=O)N2CCOCC2)c(O)c2c1CC1CC([C@@H](CO)N(C)C)[C@@](O)(C(=O)CC(N)=O)C(O)=C1C2=O. The van der Waals surface area contributed by atoms with E-state index in [-0.39, 0.29) is 29.5 Å². The highest BCUT2D eigenvalue weighted by Crippen LogP contribution is 2.51. The number of nitrogens with two attached hydrogens (primary N) is 1. The minimum atomic E-state index is -2.70. The normalized spacial score (nSPS) is 25.0. The van der Waals surface area contributed by atoms with Crippen molar-refractivity contribution in [2.75, 3.05) is 66.0 Å². The summed E-state index contributed by atoms with van der Waals surface area (Å²) in [5, 5.41) is 44.8. The zero-order valence-corrected chi connectivity index (χ0v) is 23.7. The molecule has 224 valence electrons. The predicted molar refractivity (Wildman–Crippen MR) is 147 cm³/mol. The van der Waals surface area contributed by atoms with Crippen molar-refractivity contribution in [1.29, 1.82) is 0 Å².